The first kappa shape index (κ1) is 16.8. The Labute approximate surface area is 159 Å². The molecule has 1 heterocycles. The van der Waals surface area contributed by atoms with Crippen molar-refractivity contribution in [3.63, 3.8) is 0 Å². The molecule has 3 aromatic rings. The number of halogens is 2. The highest BCUT2D eigenvalue weighted by Gasteiger charge is 2.41. The summed E-state index contributed by atoms with van der Waals surface area (Å²) in [7, 11) is 0. The zero-order chi connectivity index (χ0) is 18.3. The molecule has 1 aliphatic heterocycles. The van der Waals surface area contributed by atoms with Gasteiger partial charge in [0.15, 0.2) is 5.76 Å². The Morgan fingerprint density at radius 3 is 2.35 bits per heavy atom. The van der Waals surface area contributed by atoms with Gasteiger partial charge in [-0.05, 0) is 46.2 Å². The number of rotatable bonds is 2. The van der Waals surface area contributed by atoms with Crippen LogP contribution in [0.4, 0.5) is 0 Å². The lowest BCUT2D eigenvalue weighted by atomic mass is 9.95. The average molecular weight is 383 g/mol. The van der Waals surface area contributed by atoms with E-state index in [-0.39, 0.29) is 5.76 Å². The summed E-state index contributed by atoms with van der Waals surface area (Å²) in [6.45, 7) is 0. The van der Waals surface area contributed by atoms with Crippen LogP contribution in [0.1, 0.15) is 17.0 Å². The number of ether oxygens (including phenoxy) is 1. The molecule has 26 heavy (non-hydrogen) atoms. The standard InChI is InChI=1S/C21H12Cl2O3/c22-15-8-14(9-16(23)11-15)19-20(24)18(26-21(19)25)10-13-6-3-5-12-4-1-2-7-17(12)13/h1-11,19H. The van der Waals surface area contributed by atoms with Crippen LogP contribution < -0.4 is 0 Å². The third-order valence-corrected chi connectivity index (χ3v) is 4.72. The first-order valence-electron chi connectivity index (χ1n) is 7.94. The van der Waals surface area contributed by atoms with Gasteiger partial charge in [0.2, 0.25) is 5.78 Å². The van der Waals surface area contributed by atoms with Crippen molar-refractivity contribution in [3.8, 4) is 0 Å². The highest BCUT2D eigenvalue weighted by molar-refractivity contribution is 6.35. The molecule has 1 atom stereocenters. The first-order chi connectivity index (χ1) is 12.5. The molecule has 1 aliphatic rings. The second kappa shape index (κ2) is 6.60. The Morgan fingerprint density at radius 2 is 1.58 bits per heavy atom. The molecule has 128 valence electrons. The van der Waals surface area contributed by atoms with Crippen LogP contribution in [0.25, 0.3) is 16.8 Å². The summed E-state index contributed by atoms with van der Waals surface area (Å²) in [5.74, 6) is -2.05. The van der Waals surface area contributed by atoms with Crippen LogP contribution in [0.3, 0.4) is 0 Å². The molecule has 0 N–H and O–H groups in total. The van der Waals surface area contributed by atoms with E-state index in [0.717, 1.165) is 16.3 Å². The number of benzene rings is 3. The lowest BCUT2D eigenvalue weighted by Gasteiger charge is -2.05. The van der Waals surface area contributed by atoms with Crippen molar-refractivity contribution in [3.05, 3.63) is 87.6 Å². The number of esters is 1. The lowest BCUT2D eigenvalue weighted by Crippen LogP contribution is -2.12. The van der Waals surface area contributed by atoms with Gasteiger partial charge in [-0.3, -0.25) is 9.59 Å². The maximum Gasteiger partial charge on any atom is 0.327 e. The Hall–Kier alpha value is -2.62. The minimum absolute atomic E-state index is 0.0208. The minimum Gasteiger partial charge on any atom is -0.422 e. The number of cyclic esters (lactones) is 1. The molecule has 3 nitrogen and oxygen atoms in total. The van der Waals surface area contributed by atoms with E-state index in [2.05, 4.69) is 0 Å². The highest BCUT2D eigenvalue weighted by atomic mass is 35.5. The van der Waals surface area contributed by atoms with E-state index in [0.29, 0.717) is 15.6 Å². The van der Waals surface area contributed by atoms with E-state index in [9.17, 15) is 9.59 Å². The van der Waals surface area contributed by atoms with Crippen LogP contribution in [-0.4, -0.2) is 11.8 Å². The summed E-state index contributed by atoms with van der Waals surface area (Å²) in [5, 5.41) is 2.73. The van der Waals surface area contributed by atoms with Crippen LogP contribution in [0.2, 0.25) is 10.0 Å². The van der Waals surface area contributed by atoms with Crippen LogP contribution >= 0.6 is 23.2 Å². The van der Waals surface area contributed by atoms with Gasteiger partial charge in [0.25, 0.3) is 0 Å². The van der Waals surface area contributed by atoms with Crippen molar-refractivity contribution in [2.24, 2.45) is 0 Å². The zero-order valence-corrected chi connectivity index (χ0v) is 14.9. The first-order valence-corrected chi connectivity index (χ1v) is 8.70. The van der Waals surface area contributed by atoms with E-state index in [1.54, 1.807) is 24.3 Å². The van der Waals surface area contributed by atoms with Gasteiger partial charge in [-0.25, -0.2) is 0 Å². The van der Waals surface area contributed by atoms with Gasteiger partial charge in [-0.2, -0.15) is 0 Å². The predicted molar refractivity (Wildman–Crippen MR) is 102 cm³/mol. The van der Waals surface area contributed by atoms with Crippen LogP contribution in [0.5, 0.6) is 0 Å². The summed E-state index contributed by atoms with van der Waals surface area (Å²) in [6.07, 6.45) is 1.61. The van der Waals surface area contributed by atoms with Crippen molar-refractivity contribution >= 4 is 51.8 Å². The van der Waals surface area contributed by atoms with Crippen LogP contribution in [0, 0.1) is 0 Å². The molecule has 0 amide bonds. The molecule has 0 radical (unpaired) electrons. The van der Waals surface area contributed by atoms with E-state index >= 15 is 0 Å². The quantitative estimate of drug-likeness (QED) is 0.338. The molecular weight excluding hydrogens is 371 g/mol. The van der Waals surface area contributed by atoms with Gasteiger partial charge in [-0.15, -0.1) is 0 Å². The Morgan fingerprint density at radius 1 is 0.885 bits per heavy atom. The van der Waals surface area contributed by atoms with E-state index in [1.807, 2.05) is 42.5 Å². The molecule has 5 heteroatoms. The second-order valence-corrected chi connectivity index (χ2v) is 6.87. The van der Waals surface area contributed by atoms with Gasteiger partial charge in [0.05, 0.1) is 0 Å². The fraction of sp³-hybridized carbons (Fsp3) is 0.0476. The number of carbonyl (C=O) groups is 2. The topological polar surface area (TPSA) is 43.4 Å². The number of ketones is 1. The SMILES string of the molecule is O=C1OC(=Cc2cccc3ccccc23)C(=O)C1c1cc(Cl)cc(Cl)c1. The average Bonchev–Trinajstić information content (AvgIpc) is 2.88. The third kappa shape index (κ3) is 3.00. The van der Waals surface area contributed by atoms with Gasteiger partial charge >= 0.3 is 5.97 Å². The van der Waals surface area contributed by atoms with Crippen molar-refractivity contribution in [1.29, 1.82) is 0 Å². The lowest BCUT2D eigenvalue weighted by molar-refractivity contribution is -0.136. The Balaban J connectivity index is 1.76. The molecule has 0 saturated carbocycles. The molecule has 0 bridgehead atoms. The highest BCUT2D eigenvalue weighted by Crippen LogP contribution is 2.34. The summed E-state index contributed by atoms with van der Waals surface area (Å²) >= 11 is 12.0. The Kier molecular flexibility index (Phi) is 4.27. The number of fused-ring (bicyclic) bond motifs is 1. The Bertz CT molecular complexity index is 1060. The molecule has 0 aromatic heterocycles. The fourth-order valence-electron chi connectivity index (χ4n) is 3.11. The number of Topliss-reactive ketones (excluding diaryl/α,β-unsaturated/α-hetero) is 1. The second-order valence-electron chi connectivity index (χ2n) is 6.00. The van der Waals surface area contributed by atoms with E-state index < -0.39 is 17.7 Å². The molecule has 0 spiro atoms. The summed E-state index contributed by atoms with van der Waals surface area (Å²) in [5.41, 5.74) is 1.24. The van der Waals surface area contributed by atoms with E-state index in [4.69, 9.17) is 27.9 Å². The van der Waals surface area contributed by atoms with Crippen LogP contribution in [0.15, 0.2) is 66.4 Å². The van der Waals surface area contributed by atoms with Gasteiger partial charge in [0, 0.05) is 10.0 Å². The number of allylic oxidation sites excluding steroid dienone is 1. The molecule has 1 unspecified atom stereocenters. The third-order valence-electron chi connectivity index (χ3n) is 4.28. The summed E-state index contributed by atoms with van der Waals surface area (Å²) in [6, 6.07) is 18.2. The molecule has 0 aliphatic carbocycles. The smallest absolute Gasteiger partial charge is 0.327 e. The van der Waals surface area contributed by atoms with E-state index in [1.165, 1.54) is 0 Å². The number of hydrogen-bond acceptors (Lipinski definition) is 3. The normalized spacial score (nSPS) is 18.5. The van der Waals surface area contributed by atoms with Crippen molar-refractivity contribution < 1.29 is 14.3 Å². The van der Waals surface area contributed by atoms with Gasteiger partial charge < -0.3 is 4.74 Å². The van der Waals surface area contributed by atoms with Crippen molar-refractivity contribution in [2.45, 2.75) is 5.92 Å². The number of hydrogen-bond donors (Lipinski definition) is 0. The van der Waals surface area contributed by atoms with Crippen LogP contribution in [-0.2, 0) is 14.3 Å². The summed E-state index contributed by atoms with van der Waals surface area (Å²) < 4.78 is 5.26. The van der Waals surface area contributed by atoms with Crippen molar-refractivity contribution in [1.82, 2.24) is 0 Å². The summed E-state index contributed by atoms with van der Waals surface area (Å²) in [4.78, 5) is 25.1. The molecular formula is C21H12Cl2O3. The minimum atomic E-state index is -1.05. The monoisotopic (exact) mass is 382 g/mol. The molecule has 1 saturated heterocycles. The number of carbonyl (C=O) groups excluding carboxylic acids is 2. The van der Waals surface area contributed by atoms with Gasteiger partial charge in [-0.1, -0.05) is 65.7 Å². The zero-order valence-electron chi connectivity index (χ0n) is 13.4. The maximum atomic E-state index is 12.8. The van der Waals surface area contributed by atoms with Gasteiger partial charge in [0.1, 0.15) is 5.92 Å². The maximum absolute atomic E-state index is 12.8. The molecule has 3 aromatic carbocycles. The predicted octanol–water partition coefficient (Wildman–Crippen LogP) is 5.40. The van der Waals surface area contributed by atoms with Crippen molar-refractivity contribution in [2.75, 3.05) is 0 Å². The molecule has 4 rings (SSSR count). The molecule has 1 fully saturated rings. The fourth-order valence-corrected chi connectivity index (χ4v) is 3.66. The largest absolute Gasteiger partial charge is 0.422 e.